The van der Waals surface area contributed by atoms with Gasteiger partial charge in [-0.05, 0) is 92.2 Å². The van der Waals surface area contributed by atoms with E-state index in [2.05, 4.69) is 13.0 Å². The Labute approximate surface area is 218 Å². The van der Waals surface area contributed by atoms with E-state index in [4.69, 9.17) is 9.47 Å². The fraction of sp³-hybridized carbons (Fsp3) is 0.733. The van der Waals surface area contributed by atoms with Crippen molar-refractivity contribution in [3.8, 4) is 0 Å². The molecule has 1 saturated heterocycles. The minimum Gasteiger partial charge on any atom is -0.346 e. The number of halogens is 5. The van der Waals surface area contributed by atoms with Gasteiger partial charge in [-0.15, -0.1) is 0 Å². The van der Waals surface area contributed by atoms with Gasteiger partial charge in [-0.2, -0.15) is 13.2 Å². The Bertz CT molecular complexity index is 874. The largest absolute Gasteiger partial charge is 0.412 e. The van der Waals surface area contributed by atoms with Crippen LogP contribution in [0.3, 0.4) is 0 Å². The molecular formula is C30H41F5O2. The summed E-state index contributed by atoms with van der Waals surface area (Å²) in [6, 6.07) is 5.91. The maximum Gasteiger partial charge on any atom is 0.412 e. The van der Waals surface area contributed by atoms with Crippen LogP contribution >= 0.6 is 0 Å². The van der Waals surface area contributed by atoms with E-state index < -0.39 is 24.4 Å². The molecule has 0 radical (unpaired) electrons. The Balaban J connectivity index is 1.23. The molecule has 2 nitrogen and oxygen atoms in total. The van der Waals surface area contributed by atoms with Crippen LogP contribution in [0, 0.1) is 23.6 Å². The van der Waals surface area contributed by atoms with Gasteiger partial charge < -0.3 is 9.47 Å². The van der Waals surface area contributed by atoms with Crippen LogP contribution in [0.2, 0.25) is 0 Å². The standard InChI is InChI=1S/C30H41F5O2/c1-2-3-4-5-20-6-8-21(9-7-20)24-14-15-26(27(31)16-24)23-12-10-22(11-13-23)25-18-36-29(37-19-25)28(32)17-30(33,34)35/h14-17,20-23,25,29H,2-13,18-19H2,1H3/b28-17-. The summed E-state index contributed by atoms with van der Waals surface area (Å²) in [6.07, 6.45) is 6.77. The lowest BCUT2D eigenvalue weighted by molar-refractivity contribution is -0.200. The van der Waals surface area contributed by atoms with Gasteiger partial charge in [0, 0.05) is 5.92 Å². The third kappa shape index (κ3) is 8.01. The fourth-order valence-electron chi connectivity index (χ4n) is 6.67. The molecular weight excluding hydrogens is 487 g/mol. The van der Waals surface area contributed by atoms with Gasteiger partial charge in [-0.25, -0.2) is 8.78 Å². The predicted molar refractivity (Wildman–Crippen MR) is 134 cm³/mol. The lowest BCUT2D eigenvalue weighted by Gasteiger charge is -2.37. The van der Waals surface area contributed by atoms with Gasteiger partial charge >= 0.3 is 6.18 Å². The third-order valence-corrected chi connectivity index (χ3v) is 8.89. The zero-order chi connectivity index (χ0) is 26.4. The van der Waals surface area contributed by atoms with Gasteiger partial charge in [0.05, 0.1) is 19.3 Å². The maximum absolute atomic E-state index is 15.2. The summed E-state index contributed by atoms with van der Waals surface area (Å²) < 4.78 is 76.5. The molecule has 1 aromatic rings. The summed E-state index contributed by atoms with van der Waals surface area (Å²) in [4.78, 5) is 0. The molecule has 1 heterocycles. The number of rotatable bonds is 8. The first-order valence-corrected chi connectivity index (χ1v) is 14.2. The van der Waals surface area contributed by atoms with E-state index >= 15 is 4.39 Å². The Hall–Kier alpha value is -1.47. The number of hydrogen-bond donors (Lipinski definition) is 0. The molecule has 3 fully saturated rings. The molecule has 1 aromatic carbocycles. The van der Waals surface area contributed by atoms with Crippen LogP contribution in [0.5, 0.6) is 0 Å². The summed E-state index contributed by atoms with van der Waals surface area (Å²) in [5, 5.41) is 0. The van der Waals surface area contributed by atoms with Crippen molar-refractivity contribution in [3.05, 3.63) is 47.0 Å². The summed E-state index contributed by atoms with van der Waals surface area (Å²) in [7, 11) is 0. The molecule has 0 atom stereocenters. The zero-order valence-electron chi connectivity index (χ0n) is 21.9. The van der Waals surface area contributed by atoms with Gasteiger partial charge in [0.2, 0.25) is 6.29 Å². The number of hydrogen-bond acceptors (Lipinski definition) is 2. The molecule has 0 N–H and O–H groups in total. The van der Waals surface area contributed by atoms with Crippen molar-refractivity contribution in [2.75, 3.05) is 13.2 Å². The Morgan fingerprint density at radius 1 is 0.892 bits per heavy atom. The highest BCUT2D eigenvalue weighted by molar-refractivity contribution is 5.30. The molecule has 1 aliphatic heterocycles. The van der Waals surface area contributed by atoms with Crippen LogP contribution in [0.15, 0.2) is 30.1 Å². The van der Waals surface area contributed by atoms with Crippen molar-refractivity contribution in [2.45, 2.75) is 108 Å². The monoisotopic (exact) mass is 528 g/mol. The first-order valence-electron chi connectivity index (χ1n) is 14.2. The SMILES string of the molecule is CCCCCC1CCC(c2ccc(C3CCC(C4COC(/C(F)=C/C(F)(F)F)OC4)CC3)c(F)c2)CC1. The van der Waals surface area contributed by atoms with E-state index in [-0.39, 0.29) is 36.8 Å². The molecule has 0 amide bonds. The quantitative estimate of drug-likeness (QED) is 0.247. The summed E-state index contributed by atoms with van der Waals surface area (Å²) >= 11 is 0. The first-order chi connectivity index (χ1) is 17.7. The average Bonchev–Trinajstić information content (AvgIpc) is 2.88. The van der Waals surface area contributed by atoms with Crippen molar-refractivity contribution >= 4 is 0 Å². The number of alkyl halides is 3. The number of allylic oxidation sites excluding steroid dienone is 1. The summed E-state index contributed by atoms with van der Waals surface area (Å²) in [5.41, 5.74) is 1.94. The van der Waals surface area contributed by atoms with E-state index in [0.29, 0.717) is 5.92 Å². The van der Waals surface area contributed by atoms with E-state index in [9.17, 15) is 17.6 Å². The van der Waals surface area contributed by atoms with Crippen molar-refractivity contribution in [1.29, 1.82) is 0 Å². The van der Waals surface area contributed by atoms with E-state index in [1.54, 1.807) is 6.07 Å². The highest BCUT2D eigenvalue weighted by atomic mass is 19.4. The van der Waals surface area contributed by atoms with Crippen LogP contribution in [0.4, 0.5) is 22.0 Å². The molecule has 2 saturated carbocycles. The van der Waals surface area contributed by atoms with Gasteiger partial charge in [0.1, 0.15) is 5.82 Å². The van der Waals surface area contributed by atoms with E-state index in [1.807, 2.05) is 6.07 Å². The molecule has 7 heteroatoms. The fourth-order valence-corrected chi connectivity index (χ4v) is 6.67. The van der Waals surface area contributed by atoms with E-state index in [1.165, 1.54) is 38.5 Å². The van der Waals surface area contributed by atoms with Gasteiger partial charge in [-0.1, -0.05) is 44.7 Å². The molecule has 0 bridgehead atoms. The maximum atomic E-state index is 15.2. The Morgan fingerprint density at radius 2 is 1.54 bits per heavy atom. The lowest BCUT2D eigenvalue weighted by atomic mass is 9.73. The third-order valence-electron chi connectivity index (χ3n) is 8.89. The zero-order valence-corrected chi connectivity index (χ0v) is 21.9. The highest BCUT2D eigenvalue weighted by Crippen LogP contribution is 2.43. The van der Waals surface area contributed by atoms with Crippen LogP contribution in [0.1, 0.15) is 107 Å². The predicted octanol–water partition coefficient (Wildman–Crippen LogP) is 9.36. The topological polar surface area (TPSA) is 18.5 Å². The molecule has 2 aliphatic carbocycles. The van der Waals surface area contributed by atoms with E-state index in [0.717, 1.165) is 55.6 Å². The number of benzene rings is 1. The molecule has 0 spiro atoms. The number of ether oxygens (including phenoxy) is 2. The van der Waals surface area contributed by atoms with Crippen LogP contribution in [0.25, 0.3) is 0 Å². The van der Waals surface area contributed by atoms with Crippen molar-refractivity contribution in [2.24, 2.45) is 17.8 Å². The summed E-state index contributed by atoms with van der Waals surface area (Å²) in [6.45, 7) is 2.58. The van der Waals surface area contributed by atoms with Crippen molar-refractivity contribution < 1.29 is 31.4 Å². The lowest BCUT2D eigenvalue weighted by Crippen LogP contribution is -2.37. The first kappa shape index (κ1) is 28.5. The van der Waals surface area contributed by atoms with Crippen LogP contribution in [-0.4, -0.2) is 25.7 Å². The molecule has 3 aliphatic rings. The average molecular weight is 529 g/mol. The summed E-state index contributed by atoms with van der Waals surface area (Å²) in [5.74, 6) is 0.224. The second-order valence-electron chi connectivity index (χ2n) is 11.4. The normalized spacial score (nSPS) is 31.9. The highest BCUT2D eigenvalue weighted by Gasteiger charge is 2.36. The second kappa shape index (κ2) is 13.1. The second-order valence-corrected chi connectivity index (χ2v) is 11.4. The molecule has 0 unspecified atom stereocenters. The minimum atomic E-state index is -4.74. The van der Waals surface area contributed by atoms with Crippen molar-refractivity contribution in [3.63, 3.8) is 0 Å². The van der Waals surface area contributed by atoms with Gasteiger partial charge in [-0.3, -0.25) is 0 Å². The van der Waals surface area contributed by atoms with Crippen molar-refractivity contribution in [1.82, 2.24) is 0 Å². The smallest absolute Gasteiger partial charge is 0.346 e. The molecule has 37 heavy (non-hydrogen) atoms. The minimum absolute atomic E-state index is 0.0141. The Morgan fingerprint density at radius 3 is 2.14 bits per heavy atom. The van der Waals surface area contributed by atoms with Gasteiger partial charge in [0.15, 0.2) is 5.83 Å². The molecule has 4 rings (SSSR count). The van der Waals surface area contributed by atoms with Crippen LogP contribution in [-0.2, 0) is 9.47 Å². The van der Waals surface area contributed by atoms with Gasteiger partial charge in [0.25, 0.3) is 0 Å². The van der Waals surface area contributed by atoms with Crippen LogP contribution < -0.4 is 0 Å². The number of unbranched alkanes of at least 4 members (excludes halogenated alkanes) is 2. The molecule has 0 aromatic heterocycles. The molecule has 208 valence electrons. The Kier molecular flexibility index (Phi) is 10.1.